The molecule has 0 aliphatic heterocycles. The van der Waals surface area contributed by atoms with Gasteiger partial charge in [0.25, 0.3) is 0 Å². The van der Waals surface area contributed by atoms with Crippen molar-refractivity contribution in [1.82, 2.24) is 0 Å². The zero-order valence-corrected chi connectivity index (χ0v) is 10.1. The lowest BCUT2D eigenvalue weighted by atomic mass is 9.85. The van der Waals surface area contributed by atoms with Crippen LogP contribution in [0.5, 0.6) is 0 Å². The van der Waals surface area contributed by atoms with Crippen molar-refractivity contribution in [2.75, 3.05) is 6.54 Å². The van der Waals surface area contributed by atoms with Gasteiger partial charge in [-0.3, -0.25) is 4.79 Å². The molecule has 1 unspecified atom stereocenters. The Kier molecular flexibility index (Phi) is 5.20. The number of benzene rings is 1. The van der Waals surface area contributed by atoms with E-state index in [1.54, 1.807) is 0 Å². The highest BCUT2D eigenvalue weighted by atomic mass is 16.1. The molecule has 0 spiro atoms. The van der Waals surface area contributed by atoms with Crippen molar-refractivity contribution in [3.05, 3.63) is 35.9 Å². The highest BCUT2D eigenvalue weighted by molar-refractivity contribution is 5.88. The lowest BCUT2D eigenvalue weighted by Crippen LogP contribution is -2.27. The Morgan fingerprint density at radius 3 is 2.19 bits per heavy atom. The van der Waals surface area contributed by atoms with Crippen LogP contribution in [0.1, 0.15) is 38.2 Å². The number of carbonyl (C=O) groups excluding carboxylic acids is 1. The summed E-state index contributed by atoms with van der Waals surface area (Å²) in [6.07, 6.45) is 1.80. The molecule has 2 N–H and O–H groups in total. The second-order valence-corrected chi connectivity index (χ2v) is 4.11. The van der Waals surface area contributed by atoms with Crippen LogP contribution in [0.3, 0.4) is 0 Å². The molecule has 0 bridgehead atoms. The molecule has 1 rings (SSSR count). The lowest BCUT2D eigenvalue weighted by Gasteiger charge is -2.19. The molecule has 16 heavy (non-hydrogen) atoms. The lowest BCUT2D eigenvalue weighted by molar-refractivity contribution is -0.124. The summed E-state index contributed by atoms with van der Waals surface area (Å²) in [5.41, 5.74) is 6.78. The Morgan fingerprint density at radius 2 is 1.75 bits per heavy atom. The number of rotatable bonds is 6. The molecule has 0 saturated heterocycles. The minimum Gasteiger partial charge on any atom is -0.329 e. The number of carbonyl (C=O) groups is 1. The van der Waals surface area contributed by atoms with E-state index in [4.69, 9.17) is 5.73 Å². The molecule has 0 aliphatic carbocycles. The summed E-state index contributed by atoms with van der Waals surface area (Å²) < 4.78 is 0. The molecule has 88 valence electrons. The Labute approximate surface area is 97.9 Å². The van der Waals surface area contributed by atoms with E-state index in [1.165, 1.54) is 0 Å². The van der Waals surface area contributed by atoms with Gasteiger partial charge in [0.2, 0.25) is 0 Å². The summed E-state index contributed by atoms with van der Waals surface area (Å²) in [5, 5.41) is 0. The molecule has 2 nitrogen and oxygen atoms in total. The Bertz CT molecular complexity index is 317. The average molecular weight is 219 g/mol. The largest absolute Gasteiger partial charge is 0.329 e. The fourth-order valence-corrected chi connectivity index (χ4v) is 2.08. The van der Waals surface area contributed by atoms with Gasteiger partial charge >= 0.3 is 0 Å². The molecule has 0 aliphatic rings. The van der Waals surface area contributed by atoms with Crippen molar-refractivity contribution < 1.29 is 4.79 Å². The van der Waals surface area contributed by atoms with E-state index in [0.717, 1.165) is 18.4 Å². The first-order chi connectivity index (χ1) is 7.74. The topological polar surface area (TPSA) is 43.1 Å². The number of Topliss-reactive ketones (excluding diaryl/α,β-unsaturated/α-hetero) is 1. The first-order valence-electron chi connectivity index (χ1n) is 6.03. The monoisotopic (exact) mass is 219 g/mol. The summed E-state index contributed by atoms with van der Waals surface area (Å²) in [6.45, 7) is 4.52. The van der Waals surface area contributed by atoms with Gasteiger partial charge in [-0.2, -0.15) is 0 Å². The summed E-state index contributed by atoms with van der Waals surface area (Å²) in [7, 11) is 0. The van der Waals surface area contributed by atoms with Crippen LogP contribution in [0.4, 0.5) is 0 Å². The normalized spacial score (nSPS) is 12.8. The minimum atomic E-state index is -0.133. The summed E-state index contributed by atoms with van der Waals surface area (Å²) in [5.74, 6) is 0.304. The standard InChI is InChI=1S/C14H21NO/c1-3-11(4-2)14(16)13(10-15)12-8-6-5-7-9-12/h5-9,11,13H,3-4,10,15H2,1-2H3. The van der Waals surface area contributed by atoms with E-state index < -0.39 is 0 Å². The molecule has 1 atom stereocenters. The maximum atomic E-state index is 12.3. The third-order valence-corrected chi connectivity index (χ3v) is 3.17. The number of ketones is 1. The number of hydrogen-bond acceptors (Lipinski definition) is 2. The smallest absolute Gasteiger partial charge is 0.144 e. The van der Waals surface area contributed by atoms with Gasteiger partial charge in [0, 0.05) is 12.5 Å². The molecule has 0 saturated carbocycles. The zero-order chi connectivity index (χ0) is 12.0. The molecule has 0 fully saturated rings. The molecule has 0 heterocycles. The Hall–Kier alpha value is -1.15. The van der Waals surface area contributed by atoms with E-state index in [2.05, 4.69) is 13.8 Å². The van der Waals surface area contributed by atoms with Crippen molar-refractivity contribution in [2.24, 2.45) is 11.7 Å². The minimum absolute atomic E-state index is 0.133. The fraction of sp³-hybridized carbons (Fsp3) is 0.500. The quantitative estimate of drug-likeness (QED) is 0.799. The molecule has 0 radical (unpaired) electrons. The van der Waals surface area contributed by atoms with Gasteiger partial charge < -0.3 is 5.73 Å². The van der Waals surface area contributed by atoms with Crippen LogP contribution < -0.4 is 5.73 Å². The molecule has 0 amide bonds. The number of nitrogens with two attached hydrogens (primary N) is 1. The SMILES string of the molecule is CCC(CC)C(=O)C(CN)c1ccccc1. The first kappa shape index (κ1) is 12.9. The van der Waals surface area contributed by atoms with Gasteiger partial charge in [0.1, 0.15) is 5.78 Å². The maximum absolute atomic E-state index is 12.3. The second kappa shape index (κ2) is 6.44. The highest BCUT2D eigenvalue weighted by Gasteiger charge is 2.24. The molecule has 1 aromatic rings. The van der Waals surface area contributed by atoms with Crippen molar-refractivity contribution in [1.29, 1.82) is 0 Å². The van der Waals surface area contributed by atoms with Crippen LogP contribution in [-0.2, 0) is 4.79 Å². The zero-order valence-electron chi connectivity index (χ0n) is 10.1. The predicted octanol–water partition coefficient (Wildman–Crippen LogP) is 2.73. The van der Waals surface area contributed by atoms with E-state index in [9.17, 15) is 4.79 Å². The Morgan fingerprint density at radius 1 is 1.19 bits per heavy atom. The predicted molar refractivity (Wildman–Crippen MR) is 67.3 cm³/mol. The maximum Gasteiger partial charge on any atom is 0.144 e. The Balaban J connectivity index is 2.86. The average Bonchev–Trinajstić information content (AvgIpc) is 2.33. The van der Waals surface area contributed by atoms with E-state index >= 15 is 0 Å². The van der Waals surface area contributed by atoms with Crippen LogP contribution in [0.15, 0.2) is 30.3 Å². The third kappa shape index (κ3) is 2.92. The van der Waals surface area contributed by atoms with Gasteiger partial charge in [-0.15, -0.1) is 0 Å². The second-order valence-electron chi connectivity index (χ2n) is 4.11. The van der Waals surface area contributed by atoms with Gasteiger partial charge in [-0.05, 0) is 18.4 Å². The third-order valence-electron chi connectivity index (χ3n) is 3.17. The van der Waals surface area contributed by atoms with Gasteiger partial charge in [-0.1, -0.05) is 44.2 Å². The number of hydrogen-bond donors (Lipinski definition) is 1. The van der Waals surface area contributed by atoms with E-state index in [-0.39, 0.29) is 11.8 Å². The molecule has 2 heteroatoms. The van der Waals surface area contributed by atoms with Crippen molar-refractivity contribution >= 4 is 5.78 Å². The van der Waals surface area contributed by atoms with Gasteiger partial charge in [0.05, 0.1) is 5.92 Å². The van der Waals surface area contributed by atoms with Crippen molar-refractivity contribution in [2.45, 2.75) is 32.6 Å². The summed E-state index contributed by atoms with van der Waals surface area (Å²) >= 11 is 0. The van der Waals surface area contributed by atoms with Crippen LogP contribution in [0, 0.1) is 5.92 Å². The molecule has 0 aromatic heterocycles. The van der Waals surface area contributed by atoms with E-state index in [0.29, 0.717) is 12.3 Å². The van der Waals surface area contributed by atoms with Crippen LogP contribution >= 0.6 is 0 Å². The van der Waals surface area contributed by atoms with E-state index in [1.807, 2.05) is 30.3 Å². The molecular weight excluding hydrogens is 198 g/mol. The van der Waals surface area contributed by atoms with Crippen molar-refractivity contribution in [3.63, 3.8) is 0 Å². The van der Waals surface area contributed by atoms with Gasteiger partial charge in [0.15, 0.2) is 0 Å². The first-order valence-corrected chi connectivity index (χ1v) is 6.03. The van der Waals surface area contributed by atoms with Crippen molar-refractivity contribution in [3.8, 4) is 0 Å². The summed E-state index contributed by atoms with van der Waals surface area (Å²) in [6, 6.07) is 9.84. The molecule has 1 aromatic carbocycles. The van der Waals surface area contributed by atoms with Crippen LogP contribution in [0.25, 0.3) is 0 Å². The fourth-order valence-electron chi connectivity index (χ4n) is 2.08. The van der Waals surface area contributed by atoms with Gasteiger partial charge in [-0.25, -0.2) is 0 Å². The van der Waals surface area contributed by atoms with Crippen LogP contribution in [-0.4, -0.2) is 12.3 Å². The molecular formula is C14H21NO. The summed E-state index contributed by atoms with van der Waals surface area (Å²) in [4.78, 5) is 12.3. The highest BCUT2D eigenvalue weighted by Crippen LogP contribution is 2.22. The van der Waals surface area contributed by atoms with Crippen LogP contribution in [0.2, 0.25) is 0 Å².